The molecule has 2 heterocycles. The second kappa shape index (κ2) is 9.33. The predicted octanol–water partition coefficient (Wildman–Crippen LogP) is 4.35. The molecule has 0 atom stereocenters. The average molecular weight is 418 g/mol. The number of halogens is 1. The van der Waals surface area contributed by atoms with E-state index in [-0.39, 0.29) is 11.6 Å². The Morgan fingerprint density at radius 2 is 1.70 bits per heavy atom. The Balaban J connectivity index is 1.57. The summed E-state index contributed by atoms with van der Waals surface area (Å²) in [4.78, 5) is 17.0. The van der Waals surface area contributed by atoms with Crippen LogP contribution in [0.3, 0.4) is 0 Å². The molecule has 7 heteroatoms. The number of para-hydroxylation sites is 1. The Hall–Kier alpha value is -3.51. The number of carbonyl (C=O) groups excluding carboxylic acids is 1. The van der Waals surface area contributed by atoms with Crippen LogP contribution in [0.25, 0.3) is 16.9 Å². The fourth-order valence-corrected chi connectivity index (χ4v) is 3.43. The van der Waals surface area contributed by atoms with Gasteiger partial charge >= 0.3 is 0 Å². The minimum Gasteiger partial charge on any atom is -0.351 e. The largest absolute Gasteiger partial charge is 0.351 e. The molecule has 2 aromatic heterocycles. The lowest BCUT2D eigenvalue weighted by atomic mass is 10.1. The molecule has 0 saturated carbocycles. The summed E-state index contributed by atoms with van der Waals surface area (Å²) >= 11 is 6.37. The lowest BCUT2D eigenvalue weighted by molar-refractivity contribution is 0.0949. The normalized spacial score (nSPS) is 10.7. The minimum absolute atomic E-state index is 0.251. The van der Waals surface area contributed by atoms with Crippen molar-refractivity contribution in [2.75, 3.05) is 6.54 Å². The van der Waals surface area contributed by atoms with Gasteiger partial charge in [-0.25, -0.2) is 4.68 Å². The van der Waals surface area contributed by atoms with Crippen LogP contribution in [0.1, 0.15) is 22.5 Å². The van der Waals surface area contributed by atoms with Crippen LogP contribution in [0, 0.1) is 0 Å². The predicted molar refractivity (Wildman–Crippen MR) is 117 cm³/mol. The Morgan fingerprint density at radius 3 is 2.47 bits per heavy atom. The van der Waals surface area contributed by atoms with Gasteiger partial charge < -0.3 is 5.32 Å². The first-order valence-corrected chi connectivity index (χ1v) is 10.0. The summed E-state index contributed by atoms with van der Waals surface area (Å²) in [5, 5.41) is 11.9. The summed E-state index contributed by atoms with van der Waals surface area (Å²) < 4.78 is 1.59. The number of aromatic nitrogens is 4. The number of hydrogen-bond donors (Lipinski definition) is 1. The van der Waals surface area contributed by atoms with Crippen molar-refractivity contribution in [2.24, 2.45) is 0 Å². The number of benzene rings is 2. The van der Waals surface area contributed by atoms with E-state index in [1.54, 1.807) is 23.1 Å². The number of nitrogens with zero attached hydrogens (tertiary/aromatic N) is 4. The van der Waals surface area contributed by atoms with Crippen LogP contribution in [0.15, 0.2) is 79.1 Å². The van der Waals surface area contributed by atoms with E-state index in [2.05, 4.69) is 32.7 Å². The highest BCUT2D eigenvalue weighted by molar-refractivity contribution is 6.32. The zero-order valence-electron chi connectivity index (χ0n) is 16.2. The molecule has 4 aromatic rings. The SMILES string of the molecule is O=C(NCCCc1ccccc1)c1nnn(-c2ccccc2Cl)c1-c1ccncc1. The molecule has 0 saturated heterocycles. The number of hydrogen-bond acceptors (Lipinski definition) is 4. The molecule has 0 unspecified atom stereocenters. The maximum Gasteiger partial charge on any atom is 0.274 e. The Kier molecular flexibility index (Phi) is 6.15. The molecule has 4 rings (SSSR count). The van der Waals surface area contributed by atoms with Crippen LogP contribution >= 0.6 is 11.6 Å². The lowest BCUT2D eigenvalue weighted by Crippen LogP contribution is -2.25. The highest BCUT2D eigenvalue weighted by atomic mass is 35.5. The third-order valence-corrected chi connectivity index (χ3v) is 5.01. The fraction of sp³-hybridized carbons (Fsp3) is 0.130. The second-order valence-corrected chi connectivity index (χ2v) is 7.14. The number of nitrogens with one attached hydrogen (secondary N) is 1. The van der Waals surface area contributed by atoms with E-state index in [4.69, 9.17) is 11.6 Å². The first-order chi connectivity index (χ1) is 14.7. The van der Waals surface area contributed by atoms with Gasteiger partial charge in [-0.05, 0) is 42.7 Å². The van der Waals surface area contributed by atoms with Crippen molar-refractivity contribution < 1.29 is 4.79 Å². The molecular weight excluding hydrogens is 398 g/mol. The molecule has 0 fully saturated rings. The van der Waals surface area contributed by atoms with E-state index in [9.17, 15) is 4.79 Å². The zero-order chi connectivity index (χ0) is 20.8. The van der Waals surface area contributed by atoms with Gasteiger partial charge in [0, 0.05) is 24.5 Å². The summed E-state index contributed by atoms with van der Waals surface area (Å²) in [6.07, 6.45) is 5.06. The van der Waals surface area contributed by atoms with E-state index >= 15 is 0 Å². The summed E-state index contributed by atoms with van der Waals surface area (Å²) in [6, 6.07) is 21.1. The number of aryl methyl sites for hydroxylation is 1. The zero-order valence-corrected chi connectivity index (χ0v) is 17.0. The second-order valence-electron chi connectivity index (χ2n) is 6.73. The van der Waals surface area contributed by atoms with Crippen molar-refractivity contribution in [3.05, 3.63) is 95.4 Å². The highest BCUT2D eigenvalue weighted by Crippen LogP contribution is 2.28. The summed E-state index contributed by atoms with van der Waals surface area (Å²) in [7, 11) is 0. The molecule has 2 aromatic carbocycles. The molecule has 0 bridgehead atoms. The van der Waals surface area contributed by atoms with Crippen molar-refractivity contribution in [3.8, 4) is 16.9 Å². The molecule has 150 valence electrons. The number of amides is 1. The standard InChI is InChI=1S/C23H20ClN5O/c24-19-10-4-5-11-20(19)29-22(18-12-15-25-16-13-18)21(27-28-29)23(30)26-14-6-9-17-7-2-1-3-8-17/h1-5,7-8,10-13,15-16H,6,9,14H2,(H,26,30). The highest BCUT2D eigenvalue weighted by Gasteiger charge is 2.22. The fourth-order valence-electron chi connectivity index (χ4n) is 3.22. The van der Waals surface area contributed by atoms with Crippen LogP contribution in [0.4, 0.5) is 0 Å². The van der Waals surface area contributed by atoms with Gasteiger partial charge in [0.15, 0.2) is 5.69 Å². The first-order valence-electron chi connectivity index (χ1n) is 9.67. The Labute approximate surface area is 179 Å². The molecule has 0 aliphatic rings. The van der Waals surface area contributed by atoms with Crippen molar-refractivity contribution in [3.63, 3.8) is 0 Å². The topological polar surface area (TPSA) is 72.7 Å². The molecule has 0 aliphatic heterocycles. The van der Waals surface area contributed by atoms with Crippen LogP contribution in [0.2, 0.25) is 5.02 Å². The van der Waals surface area contributed by atoms with E-state index in [1.165, 1.54) is 5.56 Å². The van der Waals surface area contributed by atoms with Gasteiger partial charge in [-0.3, -0.25) is 9.78 Å². The van der Waals surface area contributed by atoms with Crippen LogP contribution in [-0.2, 0) is 6.42 Å². The summed E-state index contributed by atoms with van der Waals surface area (Å²) in [6.45, 7) is 0.544. The first kappa shape index (κ1) is 19.8. The van der Waals surface area contributed by atoms with Crippen LogP contribution in [-0.4, -0.2) is 32.4 Å². The van der Waals surface area contributed by atoms with Crippen LogP contribution < -0.4 is 5.32 Å². The van der Waals surface area contributed by atoms with E-state index in [0.29, 0.717) is 22.9 Å². The average Bonchev–Trinajstić information content (AvgIpc) is 3.23. The Bertz CT molecular complexity index is 1130. The maximum atomic E-state index is 12.9. The van der Waals surface area contributed by atoms with Gasteiger partial charge in [0.25, 0.3) is 5.91 Å². The van der Waals surface area contributed by atoms with E-state index < -0.39 is 0 Å². The van der Waals surface area contributed by atoms with Gasteiger partial charge in [-0.15, -0.1) is 5.10 Å². The van der Waals surface area contributed by atoms with Gasteiger partial charge in [-0.2, -0.15) is 0 Å². The van der Waals surface area contributed by atoms with E-state index in [0.717, 1.165) is 18.4 Å². The summed E-state index contributed by atoms with van der Waals surface area (Å²) in [5.41, 5.74) is 3.51. The van der Waals surface area contributed by atoms with Gasteiger partial charge in [-0.1, -0.05) is 59.3 Å². The third kappa shape index (κ3) is 4.39. The maximum absolute atomic E-state index is 12.9. The van der Waals surface area contributed by atoms with Crippen LogP contribution in [0.5, 0.6) is 0 Å². The number of carbonyl (C=O) groups is 1. The third-order valence-electron chi connectivity index (χ3n) is 4.69. The van der Waals surface area contributed by atoms with Gasteiger partial charge in [0.2, 0.25) is 0 Å². The van der Waals surface area contributed by atoms with Crippen molar-refractivity contribution in [2.45, 2.75) is 12.8 Å². The van der Waals surface area contributed by atoms with Gasteiger partial charge in [0.05, 0.1) is 10.7 Å². The molecule has 1 N–H and O–H groups in total. The number of pyridine rings is 1. The quantitative estimate of drug-likeness (QED) is 0.454. The number of rotatable bonds is 7. The molecule has 0 spiro atoms. The summed E-state index contributed by atoms with van der Waals surface area (Å²) in [5.74, 6) is -0.270. The minimum atomic E-state index is -0.270. The molecule has 0 radical (unpaired) electrons. The van der Waals surface area contributed by atoms with Gasteiger partial charge in [0.1, 0.15) is 5.69 Å². The van der Waals surface area contributed by atoms with Crippen molar-refractivity contribution in [1.29, 1.82) is 0 Å². The van der Waals surface area contributed by atoms with E-state index in [1.807, 2.05) is 48.5 Å². The molecule has 30 heavy (non-hydrogen) atoms. The van der Waals surface area contributed by atoms with Crippen molar-refractivity contribution in [1.82, 2.24) is 25.3 Å². The molecule has 6 nitrogen and oxygen atoms in total. The van der Waals surface area contributed by atoms with Crippen molar-refractivity contribution >= 4 is 17.5 Å². The Morgan fingerprint density at radius 1 is 0.967 bits per heavy atom. The molecular formula is C23H20ClN5O. The molecule has 1 amide bonds. The lowest BCUT2D eigenvalue weighted by Gasteiger charge is -2.10. The smallest absolute Gasteiger partial charge is 0.274 e. The molecule has 0 aliphatic carbocycles. The monoisotopic (exact) mass is 417 g/mol.